The number of nitro groups is 1. The first-order valence-electron chi connectivity index (χ1n) is 6.87. The number of halogens is 1. The predicted molar refractivity (Wildman–Crippen MR) is 66.7 cm³/mol. The second-order valence-electron chi connectivity index (χ2n) is 6.35. The van der Waals surface area contributed by atoms with Crippen LogP contribution in [0.4, 0.5) is 0 Å². The van der Waals surface area contributed by atoms with Crippen molar-refractivity contribution in [3.63, 3.8) is 0 Å². The van der Waals surface area contributed by atoms with Crippen molar-refractivity contribution in [3.8, 4) is 0 Å². The summed E-state index contributed by atoms with van der Waals surface area (Å²) in [6.45, 7) is 0. The number of nitrogens with zero attached hydrogens (tertiary/aromatic N) is 1. The maximum absolute atomic E-state index is 11.7. The lowest BCUT2D eigenvalue weighted by Crippen LogP contribution is -2.61. The Morgan fingerprint density at radius 1 is 1.12 bits per heavy atom. The summed E-state index contributed by atoms with van der Waals surface area (Å²) < 4.78 is 0. The third-order valence-electron chi connectivity index (χ3n) is 5.60. The minimum Gasteiger partial charge on any atom is -0.264 e. The molecule has 0 aromatic rings. The lowest BCUT2D eigenvalue weighted by atomic mass is 9.48. The fourth-order valence-electron chi connectivity index (χ4n) is 5.15. The molecule has 96 valence electrons. The quantitative estimate of drug-likeness (QED) is 0.440. The van der Waals surface area contributed by atoms with E-state index in [0.717, 1.165) is 43.9 Å². The number of rotatable bonds is 4. The fraction of sp³-hybridized carbons (Fsp3) is 1.00. The molecule has 4 aliphatic rings. The van der Waals surface area contributed by atoms with Gasteiger partial charge in [0.25, 0.3) is 0 Å². The van der Waals surface area contributed by atoms with Crippen molar-refractivity contribution in [2.45, 2.75) is 50.5 Å². The second kappa shape index (κ2) is 4.11. The van der Waals surface area contributed by atoms with Crippen molar-refractivity contribution >= 4 is 11.6 Å². The number of alkyl halides is 1. The molecule has 0 heterocycles. The Balaban J connectivity index is 1.90. The van der Waals surface area contributed by atoms with Crippen LogP contribution in [0, 0.1) is 33.8 Å². The van der Waals surface area contributed by atoms with Gasteiger partial charge in [0.05, 0.1) is 0 Å². The molecule has 0 N–H and O–H groups in total. The molecular weight excluding hydrogens is 238 g/mol. The van der Waals surface area contributed by atoms with Crippen molar-refractivity contribution in [3.05, 3.63) is 10.1 Å². The van der Waals surface area contributed by atoms with Crippen molar-refractivity contribution in [1.29, 1.82) is 0 Å². The van der Waals surface area contributed by atoms with Crippen molar-refractivity contribution in [2.75, 3.05) is 5.88 Å². The molecule has 0 amide bonds. The molecule has 4 bridgehead atoms. The van der Waals surface area contributed by atoms with E-state index >= 15 is 0 Å². The third kappa shape index (κ3) is 1.61. The molecular formula is C13H20ClNO2. The zero-order chi connectivity index (χ0) is 12.0. The highest BCUT2D eigenvalue weighted by atomic mass is 35.5. The third-order valence-corrected chi connectivity index (χ3v) is 5.87. The monoisotopic (exact) mass is 257 g/mol. The van der Waals surface area contributed by atoms with Gasteiger partial charge in [-0.05, 0) is 50.4 Å². The van der Waals surface area contributed by atoms with Gasteiger partial charge in [-0.3, -0.25) is 10.1 Å². The van der Waals surface area contributed by atoms with Crippen LogP contribution in [0.15, 0.2) is 0 Å². The van der Waals surface area contributed by atoms with E-state index in [1.54, 1.807) is 0 Å². The van der Waals surface area contributed by atoms with Gasteiger partial charge in [0.15, 0.2) is 0 Å². The highest BCUT2D eigenvalue weighted by Crippen LogP contribution is 2.60. The van der Waals surface area contributed by atoms with Crippen LogP contribution < -0.4 is 0 Å². The maximum atomic E-state index is 11.7. The summed E-state index contributed by atoms with van der Waals surface area (Å²) in [6, 6.07) is 0. The molecule has 0 unspecified atom stereocenters. The molecule has 4 rings (SSSR count). The minimum atomic E-state index is -0.609. The van der Waals surface area contributed by atoms with Gasteiger partial charge in [-0.1, -0.05) is 0 Å². The summed E-state index contributed by atoms with van der Waals surface area (Å²) in [5, 5.41) is 11.7. The molecule has 4 fully saturated rings. The van der Waals surface area contributed by atoms with Gasteiger partial charge in [0.1, 0.15) is 0 Å². The maximum Gasteiger partial charge on any atom is 0.227 e. The van der Waals surface area contributed by atoms with Crippen molar-refractivity contribution in [2.24, 2.45) is 23.7 Å². The first kappa shape index (κ1) is 11.8. The Kier molecular flexibility index (Phi) is 2.85. The van der Waals surface area contributed by atoms with Crippen LogP contribution in [0.2, 0.25) is 0 Å². The summed E-state index contributed by atoms with van der Waals surface area (Å²) in [4.78, 5) is 11.8. The first-order valence-corrected chi connectivity index (χ1v) is 7.40. The second-order valence-corrected chi connectivity index (χ2v) is 6.72. The van der Waals surface area contributed by atoms with Crippen LogP contribution in [0.25, 0.3) is 0 Å². The molecule has 3 nitrogen and oxygen atoms in total. The van der Waals surface area contributed by atoms with Crippen LogP contribution in [0.3, 0.4) is 0 Å². The Labute approximate surface area is 107 Å². The standard InChI is InChI=1S/C13H20ClNO2/c14-3-1-2-13(15(16)17)11-5-9-4-10(7-11)8-12(13)6-9/h9-12H,1-8H2. The van der Waals surface area contributed by atoms with Crippen LogP contribution in [0.1, 0.15) is 44.9 Å². The Bertz CT molecular complexity index is 303. The normalized spacial score (nSPS) is 47.4. The van der Waals surface area contributed by atoms with Crippen LogP contribution in [0.5, 0.6) is 0 Å². The molecule has 0 aliphatic heterocycles. The van der Waals surface area contributed by atoms with Gasteiger partial charge >= 0.3 is 0 Å². The summed E-state index contributed by atoms with van der Waals surface area (Å²) >= 11 is 5.76. The predicted octanol–water partition coefficient (Wildman–Crippen LogP) is 3.48. The fourth-order valence-corrected chi connectivity index (χ4v) is 5.28. The van der Waals surface area contributed by atoms with E-state index < -0.39 is 5.54 Å². The van der Waals surface area contributed by atoms with Crippen molar-refractivity contribution < 1.29 is 4.92 Å². The zero-order valence-electron chi connectivity index (χ0n) is 10.1. The molecule has 0 radical (unpaired) electrons. The Morgan fingerprint density at radius 2 is 1.65 bits per heavy atom. The highest BCUT2D eigenvalue weighted by Gasteiger charge is 2.64. The molecule has 0 saturated heterocycles. The zero-order valence-corrected chi connectivity index (χ0v) is 10.9. The Morgan fingerprint density at radius 3 is 2.06 bits per heavy atom. The molecule has 4 aliphatic carbocycles. The van der Waals surface area contributed by atoms with Crippen LogP contribution in [-0.2, 0) is 0 Å². The van der Waals surface area contributed by atoms with Gasteiger partial charge in [-0.15, -0.1) is 11.6 Å². The molecule has 4 heteroatoms. The number of hydrogen-bond acceptors (Lipinski definition) is 2. The van der Waals surface area contributed by atoms with E-state index in [1.165, 1.54) is 6.42 Å². The molecule has 17 heavy (non-hydrogen) atoms. The van der Waals surface area contributed by atoms with E-state index in [1.807, 2.05) is 0 Å². The molecule has 0 spiro atoms. The topological polar surface area (TPSA) is 43.1 Å². The van der Waals surface area contributed by atoms with E-state index in [2.05, 4.69) is 0 Å². The van der Waals surface area contributed by atoms with Crippen molar-refractivity contribution in [1.82, 2.24) is 0 Å². The van der Waals surface area contributed by atoms with Gasteiger partial charge in [-0.25, -0.2) is 0 Å². The highest BCUT2D eigenvalue weighted by molar-refractivity contribution is 6.17. The van der Waals surface area contributed by atoms with Gasteiger partial charge in [0, 0.05) is 29.1 Å². The van der Waals surface area contributed by atoms with E-state index in [9.17, 15) is 10.1 Å². The summed E-state index contributed by atoms with van der Waals surface area (Å²) in [7, 11) is 0. The average Bonchev–Trinajstić information content (AvgIpc) is 2.27. The first-order chi connectivity index (χ1) is 8.16. The lowest BCUT2D eigenvalue weighted by Gasteiger charge is -2.56. The Hall–Kier alpha value is -0.310. The average molecular weight is 258 g/mol. The molecule has 0 aromatic heterocycles. The summed E-state index contributed by atoms with van der Waals surface area (Å²) in [5.41, 5.74) is -0.609. The lowest BCUT2D eigenvalue weighted by molar-refractivity contribution is -0.605. The molecule has 0 aromatic carbocycles. The number of hydrogen-bond donors (Lipinski definition) is 0. The van der Waals surface area contributed by atoms with Crippen LogP contribution >= 0.6 is 11.6 Å². The SMILES string of the molecule is O=[N+]([O-])C1(CCCCl)C2CC3CC(C2)CC1C3. The molecule has 4 saturated carbocycles. The smallest absolute Gasteiger partial charge is 0.227 e. The molecule has 0 atom stereocenters. The van der Waals surface area contributed by atoms with E-state index in [4.69, 9.17) is 11.6 Å². The van der Waals surface area contributed by atoms with Crippen LogP contribution in [-0.4, -0.2) is 16.3 Å². The minimum absolute atomic E-state index is 0.0760. The summed E-state index contributed by atoms with van der Waals surface area (Å²) in [6.07, 6.45) is 7.28. The van der Waals surface area contributed by atoms with Gasteiger partial charge in [0.2, 0.25) is 5.54 Å². The summed E-state index contributed by atoms with van der Waals surface area (Å²) in [5.74, 6) is 2.83. The van der Waals surface area contributed by atoms with Gasteiger partial charge < -0.3 is 0 Å². The van der Waals surface area contributed by atoms with E-state index in [0.29, 0.717) is 24.1 Å². The largest absolute Gasteiger partial charge is 0.264 e. The van der Waals surface area contributed by atoms with Gasteiger partial charge in [-0.2, -0.15) is 0 Å². The van der Waals surface area contributed by atoms with E-state index in [-0.39, 0.29) is 4.92 Å².